The van der Waals surface area contributed by atoms with Crippen molar-refractivity contribution in [2.24, 2.45) is 0 Å². The minimum absolute atomic E-state index is 0. The third-order valence-corrected chi connectivity index (χ3v) is 8.52. The molecular weight excluding hydrogens is 488 g/mol. The van der Waals surface area contributed by atoms with Crippen LogP contribution in [0.25, 0.3) is 10.8 Å². The average Bonchev–Trinajstić information content (AvgIpc) is 3.29. The summed E-state index contributed by atoms with van der Waals surface area (Å²) in [5.74, 6) is 0. The zero-order chi connectivity index (χ0) is 22.9. The second kappa shape index (κ2) is 14.7. The minimum atomic E-state index is -0.877. The number of rotatable bonds is 6. The van der Waals surface area contributed by atoms with Gasteiger partial charge in [-0.3, -0.25) is 0 Å². The molecule has 0 aliphatic heterocycles. The van der Waals surface area contributed by atoms with Gasteiger partial charge in [-0.2, -0.15) is 6.07 Å². The van der Waals surface area contributed by atoms with Crippen LogP contribution in [-0.2, 0) is 22.9 Å². The van der Waals surface area contributed by atoms with Gasteiger partial charge < -0.3 is 12.3 Å². The Hall–Kier alpha value is -2.63. The summed E-state index contributed by atoms with van der Waals surface area (Å²) >= 11 is 0. The van der Waals surface area contributed by atoms with Gasteiger partial charge in [-0.15, -0.1) is 40.6 Å². The van der Waals surface area contributed by atoms with E-state index < -0.39 is 7.92 Å². The van der Waals surface area contributed by atoms with Gasteiger partial charge in [0.1, 0.15) is 15.9 Å². The summed E-state index contributed by atoms with van der Waals surface area (Å²) in [7, 11) is 3.36. The molecule has 184 valence electrons. The fraction of sp³-hybridized carbons (Fsp3) is 0.125. The van der Waals surface area contributed by atoms with Crippen LogP contribution in [0.1, 0.15) is 5.56 Å². The molecule has 0 fully saturated rings. The summed E-state index contributed by atoms with van der Waals surface area (Å²) in [5.41, 5.74) is 1.47. The van der Waals surface area contributed by atoms with Crippen LogP contribution >= 0.6 is 7.92 Å². The van der Waals surface area contributed by atoms with Gasteiger partial charge in [-0.1, -0.05) is 60.7 Å². The molecule has 0 spiro atoms. The minimum Gasteiger partial charge on any atom is -0.358 e. The van der Waals surface area contributed by atoms with E-state index in [1.165, 1.54) is 32.2 Å². The molecule has 0 N–H and O–H groups in total. The summed E-state index contributed by atoms with van der Waals surface area (Å²) in [5, 5.41) is 7.08. The SMILES string of the molecule is CN(C)CC[c-]1ccc2ccccc21.[CH3-].[Ni].c1ccc([PH+](c2ccccc2)c2ccccc2)cc1. The molecule has 0 heterocycles. The first-order valence-electron chi connectivity index (χ1n) is 11.5. The topological polar surface area (TPSA) is 3.24 Å². The Labute approximate surface area is 222 Å². The second-order valence-electron chi connectivity index (χ2n) is 8.47. The summed E-state index contributed by atoms with van der Waals surface area (Å²) in [6.45, 7) is 1.12. The maximum Gasteiger partial charge on any atom is 0.102 e. The van der Waals surface area contributed by atoms with Crippen LogP contribution in [0.5, 0.6) is 0 Å². The number of likely N-dealkylation sites (N-methyl/N-ethyl adjacent to an activating group) is 1. The number of benzene rings is 4. The van der Waals surface area contributed by atoms with E-state index in [1.54, 1.807) is 0 Å². The maximum atomic E-state index is 2.24. The maximum absolute atomic E-state index is 2.24. The van der Waals surface area contributed by atoms with Gasteiger partial charge in [0.05, 0.1) is 7.92 Å². The smallest absolute Gasteiger partial charge is 0.102 e. The summed E-state index contributed by atoms with van der Waals surface area (Å²) in [6.07, 6.45) is 1.14. The molecule has 0 amide bonds. The molecule has 5 aromatic rings. The van der Waals surface area contributed by atoms with E-state index in [1.807, 2.05) is 0 Å². The van der Waals surface area contributed by atoms with Crippen molar-refractivity contribution in [1.29, 1.82) is 0 Å². The van der Waals surface area contributed by atoms with Crippen LogP contribution in [0.3, 0.4) is 0 Å². The number of hydrogen-bond donors (Lipinski definition) is 0. The van der Waals surface area contributed by atoms with Gasteiger partial charge in [0, 0.05) is 16.5 Å². The summed E-state index contributed by atoms with van der Waals surface area (Å²) in [6, 6.07) is 45.5. The van der Waals surface area contributed by atoms with E-state index in [0.717, 1.165) is 13.0 Å². The Balaban J connectivity index is 0.000000243. The van der Waals surface area contributed by atoms with Crippen LogP contribution in [0, 0.1) is 7.43 Å². The van der Waals surface area contributed by atoms with Crippen molar-refractivity contribution >= 4 is 34.6 Å². The number of hydrogen-bond acceptors (Lipinski definition) is 1. The normalized spacial score (nSPS) is 10.3. The van der Waals surface area contributed by atoms with E-state index in [2.05, 4.69) is 146 Å². The zero-order valence-corrected chi connectivity index (χ0v) is 22.8. The molecule has 1 nitrogen and oxygen atoms in total. The molecule has 5 aromatic carbocycles. The van der Waals surface area contributed by atoms with E-state index >= 15 is 0 Å². The van der Waals surface area contributed by atoms with Gasteiger partial charge >= 0.3 is 0 Å². The molecule has 0 aliphatic carbocycles. The largest absolute Gasteiger partial charge is 0.358 e. The zero-order valence-electron chi connectivity index (χ0n) is 20.8. The van der Waals surface area contributed by atoms with Crippen molar-refractivity contribution in [2.45, 2.75) is 6.42 Å². The fourth-order valence-corrected chi connectivity index (χ4v) is 6.67. The Morgan fingerprint density at radius 1 is 0.600 bits per heavy atom. The van der Waals surface area contributed by atoms with Crippen molar-refractivity contribution in [3.63, 3.8) is 0 Å². The number of nitrogens with zero attached hydrogens (tertiary/aromatic N) is 1. The number of fused-ring (bicyclic) bond motifs is 1. The van der Waals surface area contributed by atoms with E-state index in [0.29, 0.717) is 0 Å². The molecule has 5 rings (SSSR count). The van der Waals surface area contributed by atoms with Crippen molar-refractivity contribution < 1.29 is 16.5 Å². The fourth-order valence-electron chi connectivity index (χ4n) is 4.09. The van der Waals surface area contributed by atoms with Crippen LogP contribution in [0.4, 0.5) is 0 Å². The first kappa shape index (κ1) is 28.6. The standard InChI is InChI=1S/C18H15P.C13H16N.CH3.Ni/c1-4-10-16(11-5-1)19(17-12-6-2-7-13-17)18-14-8-3-9-15-18;1-14(2)10-9-12-8-7-11-5-3-4-6-13(11)12;;/h1-15H;3-8H,9-10H2,1-2H3;1H3;/q;2*-1;/p+1. The molecule has 3 heteroatoms. The molecule has 35 heavy (non-hydrogen) atoms. The predicted molar refractivity (Wildman–Crippen MR) is 155 cm³/mol. The molecule has 0 saturated heterocycles. The van der Waals surface area contributed by atoms with Gasteiger partial charge in [0.25, 0.3) is 0 Å². The Morgan fingerprint density at radius 2 is 1.03 bits per heavy atom. The quantitative estimate of drug-likeness (QED) is 0.144. The molecule has 0 atom stereocenters. The van der Waals surface area contributed by atoms with Gasteiger partial charge in [-0.25, -0.2) is 0 Å². The monoisotopic (exact) mass is 522 g/mol. The van der Waals surface area contributed by atoms with E-state index in [-0.39, 0.29) is 23.9 Å². The van der Waals surface area contributed by atoms with Crippen LogP contribution in [-0.4, -0.2) is 25.5 Å². The van der Waals surface area contributed by atoms with Gasteiger partial charge in [0.15, 0.2) is 0 Å². The average molecular weight is 523 g/mol. The van der Waals surface area contributed by atoms with E-state index in [9.17, 15) is 0 Å². The Morgan fingerprint density at radius 3 is 1.49 bits per heavy atom. The van der Waals surface area contributed by atoms with Gasteiger partial charge in [0.2, 0.25) is 0 Å². The molecule has 0 aliphatic rings. The molecule has 0 aromatic heterocycles. The third kappa shape index (κ3) is 7.94. The predicted octanol–water partition coefficient (Wildman–Crippen LogP) is 6.29. The molecule has 0 radical (unpaired) electrons. The van der Waals surface area contributed by atoms with Gasteiger partial charge in [-0.05, 0) is 63.5 Å². The van der Waals surface area contributed by atoms with Crippen molar-refractivity contribution in [3.8, 4) is 0 Å². The summed E-state index contributed by atoms with van der Waals surface area (Å²) < 4.78 is 0. The summed E-state index contributed by atoms with van der Waals surface area (Å²) in [4.78, 5) is 2.22. The van der Waals surface area contributed by atoms with Crippen molar-refractivity contribution in [2.75, 3.05) is 20.6 Å². The first-order valence-corrected chi connectivity index (χ1v) is 13.0. The first-order chi connectivity index (χ1) is 16.2. The molecular formula is C32H35NNiP-. The van der Waals surface area contributed by atoms with Crippen LogP contribution in [0.2, 0.25) is 0 Å². The Bertz CT molecular complexity index is 1140. The van der Waals surface area contributed by atoms with Crippen LogP contribution < -0.4 is 15.9 Å². The Kier molecular flexibility index (Phi) is 12.0. The second-order valence-corrected chi connectivity index (χ2v) is 11.0. The molecule has 0 saturated carbocycles. The van der Waals surface area contributed by atoms with Crippen molar-refractivity contribution in [3.05, 3.63) is 140 Å². The molecule has 0 unspecified atom stereocenters. The van der Waals surface area contributed by atoms with Crippen LogP contribution in [0.15, 0.2) is 127 Å². The molecule has 0 bridgehead atoms. The van der Waals surface area contributed by atoms with E-state index in [4.69, 9.17) is 0 Å². The van der Waals surface area contributed by atoms with Crippen molar-refractivity contribution in [1.82, 2.24) is 4.90 Å². The third-order valence-electron chi connectivity index (χ3n) is 5.79.